The Morgan fingerprint density at radius 3 is 2.53 bits per heavy atom. The number of methoxy groups -OCH3 is 1. The molecule has 1 N–H and O–H groups in total. The molecule has 0 aromatic heterocycles. The fraction of sp³-hybridized carbons (Fsp3) is 0.625. The Kier molecular flexibility index (Phi) is 7.53. The summed E-state index contributed by atoms with van der Waals surface area (Å²) in [4.78, 5) is 2.46. The Hall–Kier alpha value is -1.06. The van der Waals surface area contributed by atoms with E-state index in [9.17, 15) is 0 Å². The van der Waals surface area contributed by atoms with Crippen LogP contribution in [0.1, 0.15) is 31.4 Å². The number of rotatable bonds is 9. The van der Waals surface area contributed by atoms with Gasteiger partial charge in [-0.2, -0.15) is 0 Å². The lowest BCUT2D eigenvalue weighted by molar-refractivity contribution is 0.298. The van der Waals surface area contributed by atoms with Crippen molar-refractivity contribution in [3.8, 4) is 5.75 Å². The molecule has 0 aliphatic heterocycles. The van der Waals surface area contributed by atoms with Gasteiger partial charge in [0, 0.05) is 6.54 Å². The van der Waals surface area contributed by atoms with E-state index in [4.69, 9.17) is 4.74 Å². The van der Waals surface area contributed by atoms with Crippen molar-refractivity contribution in [2.45, 2.75) is 33.7 Å². The molecule has 1 aromatic rings. The summed E-state index contributed by atoms with van der Waals surface area (Å²) in [7, 11) is 1.72. The van der Waals surface area contributed by atoms with E-state index < -0.39 is 0 Å². The molecule has 1 aromatic carbocycles. The lowest BCUT2D eigenvalue weighted by atomic mass is 10.1. The first-order valence-corrected chi connectivity index (χ1v) is 7.27. The van der Waals surface area contributed by atoms with E-state index in [-0.39, 0.29) is 0 Å². The highest BCUT2D eigenvalue weighted by Crippen LogP contribution is 2.18. The molecule has 0 unspecified atom stereocenters. The van der Waals surface area contributed by atoms with Crippen LogP contribution < -0.4 is 10.1 Å². The maximum atomic E-state index is 5.27. The van der Waals surface area contributed by atoms with E-state index >= 15 is 0 Å². The third-order valence-corrected chi connectivity index (χ3v) is 3.51. The van der Waals surface area contributed by atoms with Crippen LogP contribution in [0.25, 0.3) is 0 Å². The van der Waals surface area contributed by atoms with Gasteiger partial charge in [-0.05, 0) is 56.7 Å². The van der Waals surface area contributed by atoms with E-state index in [1.54, 1.807) is 7.11 Å². The van der Waals surface area contributed by atoms with Crippen LogP contribution in [0.15, 0.2) is 18.2 Å². The topological polar surface area (TPSA) is 24.5 Å². The highest BCUT2D eigenvalue weighted by molar-refractivity contribution is 5.36. The van der Waals surface area contributed by atoms with Crippen LogP contribution in [0.4, 0.5) is 0 Å². The van der Waals surface area contributed by atoms with Crippen LogP contribution in [-0.2, 0) is 6.54 Å². The van der Waals surface area contributed by atoms with Crippen molar-refractivity contribution in [3.05, 3.63) is 29.3 Å². The average Bonchev–Trinajstić information content (AvgIpc) is 2.43. The molecule has 0 atom stereocenters. The third kappa shape index (κ3) is 5.62. The van der Waals surface area contributed by atoms with Gasteiger partial charge in [-0.25, -0.2) is 0 Å². The van der Waals surface area contributed by atoms with Crippen molar-refractivity contribution in [2.24, 2.45) is 0 Å². The monoisotopic (exact) mass is 264 g/mol. The average molecular weight is 264 g/mol. The van der Waals surface area contributed by atoms with Crippen molar-refractivity contribution >= 4 is 0 Å². The van der Waals surface area contributed by atoms with Crippen LogP contribution in [0.5, 0.6) is 5.75 Å². The quantitative estimate of drug-likeness (QED) is 0.694. The van der Waals surface area contributed by atoms with Crippen LogP contribution in [0, 0.1) is 6.92 Å². The first-order valence-electron chi connectivity index (χ1n) is 7.27. The Balaban J connectivity index is 2.24. The highest BCUT2D eigenvalue weighted by Gasteiger charge is 2.00. The van der Waals surface area contributed by atoms with E-state index in [0.717, 1.165) is 31.9 Å². The molecule has 0 saturated heterocycles. The van der Waals surface area contributed by atoms with Crippen LogP contribution in [0.3, 0.4) is 0 Å². The van der Waals surface area contributed by atoms with Crippen molar-refractivity contribution in [2.75, 3.05) is 33.3 Å². The van der Waals surface area contributed by atoms with Gasteiger partial charge < -0.3 is 15.0 Å². The smallest absolute Gasteiger partial charge is 0.121 e. The second-order valence-electron chi connectivity index (χ2n) is 4.86. The molecule has 0 bridgehead atoms. The Bertz CT molecular complexity index is 362. The zero-order valence-corrected chi connectivity index (χ0v) is 12.8. The largest absolute Gasteiger partial charge is 0.496 e. The van der Waals surface area contributed by atoms with Gasteiger partial charge in [0.25, 0.3) is 0 Å². The first kappa shape index (κ1) is 16.0. The number of aryl methyl sites for hydroxylation is 1. The molecule has 0 aliphatic carbocycles. The zero-order chi connectivity index (χ0) is 14.1. The first-order chi connectivity index (χ1) is 9.21. The van der Waals surface area contributed by atoms with Gasteiger partial charge in [0.05, 0.1) is 7.11 Å². The number of hydrogen-bond donors (Lipinski definition) is 1. The van der Waals surface area contributed by atoms with Crippen molar-refractivity contribution in [3.63, 3.8) is 0 Å². The van der Waals surface area contributed by atoms with Gasteiger partial charge in [-0.1, -0.05) is 26.0 Å². The van der Waals surface area contributed by atoms with Gasteiger partial charge in [-0.15, -0.1) is 0 Å². The van der Waals surface area contributed by atoms with Gasteiger partial charge in [-0.3, -0.25) is 0 Å². The summed E-state index contributed by atoms with van der Waals surface area (Å²) in [5, 5.41) is 3.50. The molecule has 3 heteroatoms. The predicted octanol–water partition coefficient (Wildman–Crippen LogP) is 2.83. The minimum Gasteiger partial charge on any atom is -0.496 e. The third-order valence-electron chi connectivity index (χ3n) is 3.51. The maximum absolute atomic E-state index is 5.27. The fourth-order valence-corrected chi connectivity index (χ4v) is 2.25. The SMILES string of the molecule is CCN(CC)CCCNCc1ccc(OC)c(C)c1. The molecule has 0 fully saturated rings. The highest BCUT2D eigenvalue weighted by atomic mass is 16.5. The van der Waals surface area contributed by atoms with E-state index in [1.165, 1.54) is 24.1 Å². The van der Waals surface area contributed by atoms with Crippen molar-refractivity contribution in [1.82, 2.24) is 10.2 Å². The molecule has 0 spiro atoms. The number of ether oxygens (including phenoxy) is 1. The van der Waals surface area contributed by atoms with E-state index in [0.29, 0.717) is 0 Å². The molecule has 0 aliphatic rings. The summed E-state index contributed by atoms with van der Waals surface area (Å²) in [5.41, 5.74) is 2.52. The lowest BCUT2D eigenvalue weighted by Gasteiger charge is -2.17. The fourth-order valence-electron chi connectivity index (χ4n) is 2.25. The number of nitrogens with one attached hydrogen (secondary N) is 1. The molecule has 0 amide bonds. The van der Waals surface area contributed by atoms with E-state index in [2.05, 4.69) is 43.1 Å². The molecule has 19 heavy (non-hydrogen) atoms. The molecule has 0 heterocycles. The van der Waals surface area contributed by atoms with Crippen LogP contribution >= 0.6 is 0 Å². The molecule has 3 nitrogen and oxygen atoms in total. The van der Waals surface area contributed by atoms with Gasteiger partial charge >= 0.3 is 0 Å². The molecule has 108 valence electrons. The molecule has 0 radical (unpaired) electrons. The minimum atomic E-state index is 0.934. The second-order valence-corrected chi connectivity index (χ2v) is 4.86. The van der Waals surface area contributed by atoms with Crippen molar-refractivity contribution < 1.29 is 4.74 Å². The number of benzene rings is 1. The summed E-state index contributed by atoms with van der Waals surface area (Å²) in [6, 6.07) is 6.36. The summed E-state index contributed by atoms with van der Waals surface area (Å²) >= 11 is 0. The second kappa shape index (κ2) is 8.94. The summed E-state index contributed by atoms with van der Waals surface area (Å²) in [5.74, 6) is 0.963. The molecule has 0 saturated carbocycles. The Morgan fingerprint density at radius 1 is 1.21 bits per heavy atom. The summed E-state index contributed by atoms with van der Waals surface area (Å²) < 4.78 is 5.27. The normalized spacial score (nSPS) is 11.0. The van der Waals surface area contributed by atoms with Gasteiger partial charge in [0.2, 0.25) is 0 Å². The zero-order valence-electron chi connectivity index (χ0n) is 12.8. The molecular weight excluding hydrogens is 236 g/mol. The molecule has 1 rings (SSSR count). The minimum absolute atomic E-state index is 0.934. The lowest BCUT2D eigenvalue weighted by Crippen LogP contribution is -2.27. The van der Waals surface area contributed by atoms with E-state index in [1.807, 2.05) is 6.07 Å². The van der Waals surface area contributed by atoms with Crippen LogP contribution in [0.2, 0.25) is 0 Å². The Morgan fingerprint density at radius 2 is 1.95 bits per heavy atom. The number of hydrogen-bond acceptors (Lipinski definition) is 3. The van der Waals surface area contributed by atoms with Crippen LogP contribution in [-0.4, -0.2) is 38.2 Å². The van der Waals surface area contributed by atoms with Gasteiger partial charge in [0.15, 0.2) is 0 Å². The number of nitrogens with zero attached hydrogens (tertiary/aromatic N) is 1. The Labute approximate surface area is 118 Å². The standard InChI is InChI=1S/C16H28N2O/c1-5-18(6-2)11-7-10-17-13-15-8-9-16(19-4)14(3)12-15/h8-9,12,17H,5-7,10-11,13H2,1-4H3. The summed E-state index contributed by atoms with van der Waals surface area (Å²) in [6.45, 7) is 12.0. The van der Waals surface area contributed by atoms with Crippen molar-refractivity contribution in [1.29, 1.82) is 0 Å². The predicted molar refractivity (Wildman–Crippen MR) is 81.8 cm³/mol. The van der Waals surface area contributed by atoms with Gasteiger partial charge in [0.1, 0.15) is 5.75 Å². The summed E-state index contributed by atoms with van der Waals surface area (Å²) in [6.07, 6.45) is 1.21. The molecular formula is C16H28N2O. The maximum Gasteiger partial charge on any atom is 0.121 e.